The van der Waals surface area contributed by atoms with Crippen LogP contribution in [0.3, 0.4) is 0 Å². The fourth-order valence-electron chi connectivity index (χ4n) is 0.802. The highest BCUT2D eigenvalue weighted by atomic mass is 16.1. The van der Waals surface area contributed by atoms with Gasteiger partial charge in [-0.25, -0.2) is 0 Å². The number of aromatic nitrogens is 1. The number of Topliss-reactive ketones (excluding diaryl/α,β-unsaturated/α-hetero) is 1. The van der Waals surface area contributed by atoms with Crippen molar-refractivity contribution in [3.63, 3.8) is 0 Å². The van der Waals surface area contributed by atoms with Crippen molar-refractivity contribution in [3.8, 4) is 12.3 Å². The van der Waals surface area contributed by atoms with Crippen molar-refractivity contribution in [2.24, 2.45) is 0 Å². The highest BCUT2D eigenvalue weighted by molar-refractivity contribution is 6.09. The molecule has 0 fully saturated rings. The molecule has 0 saturated heterocycles. The molecule has 0 saturated carbocycles. The molecule has 0 aliphatic rings. The Balaban J connectivity index is 3.16. The van der Waals surface area contributed by atoms with Gasteiger partial charge in [0.05, 0.1) is 5.56 Å². The third-order valence-electron chi connectivity index (χ3n) is 1.38. The maximum Gasteiger partial charge on any atom is 0.237 e. The van der Waals surface area contributed by atoms with E-state index in [1.807, 2.05) is 5.92 Å². The molecule has 2 nitrogen and oxygen atoms in total. The predicted molar refractivity (Wildman–Crippen MR) is 42.1 cm³/mol. The van der Waals surface area contributed by atoms with Crippen molar-refractivity contribution in [2.75, 3.05) is 0 Å². The summed E-state index contributed by atoms with van der Waals surface area (Å²) in [5, 5.41) is 0. The zero-order chi connectivity index (χ0) is 8.27. The molecule has 0 bridgehead atoms. The van der Waals surface area contributed by atoms with Crippen molar-refractivity contribution in [1.82, 2.24) is 4.98 Å². The molecule has 1 aromatic rings. The van der Waals surface area contributed by atoms with E-state index in [4.69, 9.17) is 6.42 Å². The number of hydrogen-bond donors (Lipinski definition) is 0. The molecule has 0 aliphatic carbocycles. The molecule has 0 radical (unpaired) electrons. The molecule has 2 heteroatoms. The van der Waals surface area contributed by atoms with Crippen LogP contribution in [0.15, 0.2) is 18.3 Å². The fourth-order valence-corrected chi connectivity index (χ4v) is 0.802. The Hall–Kier alpha value is -1.62. The normalized spacial score (nSPS) is 8.73. The Labute approximate surface area is 65.3 Å². The minimum absolute atomic E-state index is 0.310. The molecule has 11 heavy (non-hydrogen) atoms. The summed E-state index contributed by atoms with van der Waals surface area (Å²) in [6.07, 6.45) is 6.57. The molecule has 0 aromatic carbocycles. The van der Waals surface area contributed by atoms with Gasteiger partial charge in [-0.1, -0.05) is 0 Å². The highest BCUT2D eigenvalue weighted by Crippen LogP contribution is 2.03. The number of terminal acetylenes is 1. The predicted octanol–water partition coefficient (Wildman–Crippen LogP) is 1.21. The van der Waals surface area contributed by atoms with Crippen molar-refractivity contribution in [3.05, 3.63) is 29.6 Å². The lowest BCUT2D eigenvalue weighted by Gasteiger charge is -1.96. The number of aryl methyl sites for hydroxylation is 1. The third-order valence-corrected chi connectivity index (χ3v) is 1.38. The Kier molecular flexibility index (Phi) is 2.03. The quantitative estimate of drug-likeness (QED) is 0.337. The molecular formula is C9H7NO. The average molecular weight is 145 g/mol. The van der Waals surface area contributed by atoms with E-state index in [0.29, 0.717) is 11.3 Å². The standard InChI is InChI=1S/C9H7NO/c1-3-9(11)8-5-4-6-10-7(8)2/h1,4-6H,2H3. The van der Waals surface area contributed by atoms with Crippen molar-refractivity contribution in [1.29, 1.82) is 0 Å². The van der Waals surface area contributed by atoms with E-state index < -0.39 is 0 Å². The zero-order valence-electron chi connectivity index (χ0n) is 6.16. The van der Waals surface area contributed by atoms with Crippen LogP contribution in [0.2, 0.25) is 0 Å². The van der Waals surface area contributed by atoms with Gasteiger partial charge in [-0.05, 0) is 25.0 Å². The van der Waals surface area contributed by atoms with Crippen LogP contribution in [0.1, 0.15) is 16.1 Å². The van der Waals surface area contributed by atoms with Crippen LogP contribution in [0, 0.1) is 19.3 Å². The molecule has 1 heterocycles. The summed E-state index contributed by atoms with van der Waals surface area (Å²) in [4.78, 5) is 14.9. The number of rotatable bonds is 1. The number of pyridine rings is 1. The maximum absolute atomic E-state index is 11.0. The zero-order valence-corrected chi connectivity index (χ0v) is 6.16. The monoisotopic (exact) mass is 145 g/mol. The van der Waals surface area contributed by atoms with Crippen molar-refractivity contribution < 1.29 is 4.79 Å². The molecule has 0 spiro atoms. The van der Waals surface area contributed by atoms with Crippen LogP contribution in [-0.4, -0.2) is 10.8 Å². The first-order valence-electron chi connectivity index (χ1n) is 3.18. The Morgan fingerprint density at radius 1 is 1.73 bits per heavy atom. The first kappa shape index (κ1) is 7.49. The van der Waals surface area contributed by atoms with Crippen molar-refractivity contribution >= 4 is 5.78 Å². The van der Waals surface area contributed by atoms with Crippen LogP contribution in [0.25, 0.3) is 0 Å². The van der Waals surface area contributed by atoms with E-state index >= 15 is 0 Å². The van der Waals surface area contributed by atoms with Crippen molar-refractivity contribution in [2.45, 2.75) is 6.92 Å². The van der Waals surface area contributed by atoms with Crippen LogP contribution < -0.4 is 0 Å². The SMILES string of the molecule is C#CC(=O)c1cccnc1C. The molecule has 0 atom stereocenters. The number of carbonyl (C=O) groups is 1. The molecule has 1 rings (SSSR count). The van der Waals surface area contributed by atoms with E-state index in [9.17, 15) is 4.79 Å². The fraction of sp³-hybridized carbons (Fsp3) is 0.111. The topological polar surface area (TPSA) is 30.0 Å². The second-order valence-electron chi connectivity index (χ2n) is 2.11. The van der Waals surface area contributed by atoms with Gasteiger partial charge in [0.1, 0.15) is 0 Å². The molecule has 0 amide bonds. The number of hydrogen-bond acceptors (Lipinski definition) is 2. The summed E-state index contributed by atoms with van der Waals surface area (Å²) in [7, 11) is 0. The first-order valence-corrected chi connectivity index (χ1v) is 3.18. The third kappa shape index (κ3) is 1.44. The summed E-state index contributed by atoms with van der Waals surface area (Å²) in [5.74, 6) is 1.73. The van der Waals surface area contributed by atoms with Gasteiger partial charge in [0.25, 0.3) is 0 Å². The van der Waals surface area contributed by atoms with Crippen LogP contribution >= 0.6 is 0 Å². The van der Waals surface area contributed by atoms with Gasteiger partial charge in [-0.15, -0.1) is 6.42 Å². The molecular weight excluding hydrogens is 138 g/mol. The lowest BCUT2D eigenvalue weighted by molar-refractivity contribution is 0.105. The smallest absolute Gasteiger partial charge is 0.237 e. The van der Waals surface area contributed by atoms with Gasteiger partial charge in [0.15, 0.2) is 0 Å². The second-order valence-corrected chi connectivity index (χ2v) is 2.11. The largest absolute Gasteiger partial charge is 0.279 e. The Morgan fingerprint density at radius 3 is 3.00 bits per heavy atom. The van der Waals surface area contributed by atoms with E-state index in [1.54, 1.807) is 25.3 Å². The van der Waals surface area contributed by atoms with Crippen LogP contribution in [0.5, 0.6) is 0 Å². The van der Waals surface area contributed by atoms with Gasteiger partial charge in [0, 0.05) is 11.9 Å². The number of carbonyl (C=O) groups excluding carboxylic acids is 1. The van der Waals surface area contributed by atoms with E-state index in [1.165, 1.54) is 0 Å². The summed E-state index contributed by atoms with van der Waals surface area (Å²) >= 11 is 0. The average Bonchev–Trinajstić information content (AvgIpc) is 2.04. The Bertz CT molecular complexity index is 323. The number of nitrogens with zero attached hydrogens (tertiary/aromatic N) is 1. The van der Waals surface area contributed by atoms with E-state index in [-0.39, 0.29) is 5.78 Å². The summed E-state index contributed by atoms with van der Waals surface area (Å²) < 4.78 is 0. The number of ketones is 1. The molecule has 0 unspecified atom stereocenters. The first-order chi connectivity index (χ1) is 5.25. The van der Waals surface area contributed by atoms with Crippen LogP contribution in [-0.2, 0) is 0 Å². The van der Waals surface area contributed by atoms with E-state index in [2.05, 4.69) is 4.98 Å². The van der Waals surface area contributed by atoms with Gasteiger partial charge in [-0.3, -0.25) is 9.78 Å². The summed E-state index contributed by atoms with van der Waals surface area (Å²) in [5.41, 5.74) is 1.19. The highest BCUT2D eigenvalue weighted by Gasteiger charge is 2.04. The van der Waals surface area contributed by atoms with E-state index in [0.717, 1.165) is 0 Å². The molecule has 1 aromatic heterocycles. The summed E-state index contributed by atoms with van der Waals surface area (Å²) in [6.45, 7) is 1.75. The summed E-state index contributed by atoms with van der Waals surface area (Å²) in [6, 6.07) is 3.36. The Morgan fingerprint density at radius 2 is 2.45 bits per heavy atom. The maximum atomic E-state index is 11.0. The molecule has 0 aliphatic heterocycles. The molecule has 0 N–H and O–H groups in total. The minimum Gasteiger partial charge on any atom is -0.279 e. The second kappa shape index (κ2) is 2.98. The van der Waals surface area contributed by atoms with Gasteiger partial charge in [0.2, 0.25) is 5.78 Å². The van der Waals surface area contributed by atoms with Crippen LogP contribution in [0.4, 0.5) is 0 Å². The molecule has 54 valence electrons. The lowest BCUT2D eigenvalue weighted by atomic mass is 10.1. The van der Waals surface area contributed by atoms with Gasteiger partial charge in [-0.2, -0.15) is 0 Å². The lowest BCUT2D eigenvalue weighted by Crippen LogP contribution is -1.98. The minimum atomic E-state index is -0.310. The van der Waals surface area contributed by atoms with Gasteiger partial charge < -0.3 is 0 Å². The van der Waals surface area contributed by atoms with Gasteiger partial charge >= 0.3 is 0 Å².